The van der Waals surface area contributed by atoms with E-state index in [0.717, 1.165) is 11.3 Å². The summed E-state index contributed by atoms with van der Waals surface area (Å²) >= 11 is 6.52. The molecule has 0 unspecified atom stereocenters. The van der Waals surface area contributed by atoms with Crippen LogP contribution >= 0.6 is 24.0 Å². The van der Waals surface area contributed by atoms with Crippen molar-refractivity contribution in [3.63, 3.8) is 0 Å². The summed E-state index contributed by atoms with van der Waals surface area (Å²) in [6.07, 6.45) is 2.16. The van der Waals surface area contributed by atoms with Crippen LogP contribution in [0.2, 0.25) is 0 Å². The van der Waals surface area contributed by atoms with Gasteiger partial charge in [-0.3, -0.25) is 14.5 Å². The number of amides is 1. The summed E-state index contributed by atoms with van der Waals surface area (Å²) in [5.74, 6) is 0.347. The van der Waals surface area contributed by atoms with Crippen molar-refractivity contribution in [2.45, 2.75) is 39.0 Å². The molecule has 0 spiro atoms. The number of carboxylic acid groups (broad SMARTS) is 1. The molecule has 1 aliphatic heterocycles. The molecule has 0 aromatic heterocycles. The van der Waals surface area contributed by atoms with E-state index in [-0.39, 0.29) is 17.7 Å². The highest BCUT2D eigenvalue weighted by molar-refractivity contribution is 8.26. The van der Waals surface area contributed by atoms with Gasteiger partial charge in [-0.2, -0.15) is 0 Å². The molecule has 2 aromatic rings. The van der Waals surface area contributed by atoms with E-state index in [1.807, 2.05) is 36.4 Å². The lowest BCUT2D eigenvalue weighted by molar-refractivity contribution is -0.137. The monoisotopic (exact) mass is 455 g/mol. The van der Waals surface area contributed by atoms with Crippen LogP contribution in [0.15, 0.2) is 53.4 Å². The Hall–Kier alpha value is -2.64. The molecule has 0 bridgehead atoms. The molecule has 1 fully saturated rings. The Morgan fingerprint density at radius 1 is 1.16 bits per heavy atom. The van der Waals surface area contributed by atoms with Crippen LogP contribution in [0.4, 0.5) is 0 Å². The maximum Gasteiger partial charge on any atom is 0.303 e. The van der Waals surface area contributed by atoms with Crippen molar-refractivity contribution in [3.8, 4) is 11.5 Å². The molecule has 1 amide bonds. The number of nitrogens with zero attached hydrogens (tertiary/aromatic N) is 1. The summed E-state index contributed by atoms with van der Waals surface area (Å²) in [6, 6.07) is 15.5. The number of hydrogen-bond donors (Lipinski definition) is 1. The third-order valence-corrected chi connectivity index (χ3v) is 6.14. The number of hydrogen-bond acceptors (Lipinski definition) is 5. The molecule has 5 nitrogen and oxygen atoms in total. The maximum atomic E-state index is 12.7. The van der Waals surface area contributed by atoms with Gasteiger partial charge in [-0.15, -0.1) is 0 Å². The number of thioether (sulfide) groups is 1. The van der Waals surface area contributed by atoms with Crippen LogP contribution in [0, 0.1) is 0 Å². The number of thiocarbonyl (C=S) groups is 1. The highest BCUT2D eigenvalue weighted by Gasteiger charge is 2.31. The van der Waals surface area contributed by atoms with E-state index in [1.54, 1.807) is 6.08 Å². The van der Waals surface area contributed by atoms with E-state index in [4.69, 9.17) is 22.1 Å². The van der Waals surface area contributed by atoms with E-state index < -0.39 is 5.97 Å². The third kappa shape index (κ3) is 6.18. The second-order valence-electron chi connectivity index (χ2n) is 8.28. The van der Waals surface area contributed by atoms with Crippen molar-refractivity contribution >= 4 is 46.3 Å². The third-order valence-electron chi connectivity index (χ3n) is 4.76. The van der Waals surface area contributed by atoms with Crippen LogP contribution in [-0.4, -0.2) is 32.7 Å². The zero-order valence-corrected chi connectivity index (χ0v) is 19.4. The lowest BCUT2D eigenvalue weighted by Gasteiger charge is -2.19. The van der Waals surface area contributed by atoms with Crippen LogP contribution < -0.4 is 4.74 Å². The first kappa shape index (κ1) is 23.0. The standard InChI is InChI=1S/C24H25NO4S2/c1-24(2,3)17-9-11-18(12-10-17)29-19-7-4-6-16(14-19)15-20-22(28)25(23(30)31-20)13-5-8-21(26)27/h4,6-7,9-12,14-15H,5,8,13H2,1-3H3,(H,26,27). The largest absolute Gasteiger partial charge is 0.481 e. The van der Waals surface area contributed by atoms with Crippen LogP contribution in [0.25, 0.3) is 6.08 Å². The summed E-state index contributed by atoms with van der Waals surface area (Å²) in [5, 5.41) is 8.78. The summed E-state index contributed by atoms with van der Waals surface area (Å²) < 4.78 is 6.43. The first-order valence-electron chi connectivity index (χ1n) is 9.99. The molecule has 1 aliphatic rings. The topological polar surface area (TPSA) is 66.8 Å². The minimum Gasteiger partial charge on any atom is -0.481 e. The molecule has 0 aliphatic carbocycles. The second-order valence-corrected chi connectivity index (χ2v) is 9.96. The van der Waals surface area contributed by atoms with Crippen molar-refractivity contribution < 1.29 is 19.4 Å². The van der Waals surface area contributed by atoms with Crippen molar-refractivity contribution in [2.24, 2.45) is 0 Å². The van der Waals surface area contributed by atoms with Crippen molar-refractivity contribution in [1.29, 1.82) is 0 Å². The molecule has 2 aromatic carbocycles. The van der Waals surface area contributed by atoms with E-state index in [1.165, 1.54) is 22.2 Å². The minimum absolute atomic E-state index is 0.00617. The second kappa shape index (κ2) is 9.66. The van der Waals surface area contributed by atoms with Crippen LogP contribution in [-0.2, 0) is 15.0 Å². The van der Waals surface area contributed by atoms with Gasteiger partial charge < -0.3 is 9.84 Å². The molecule has 1 heterocycles. The Morgan fingerprint density at radius 2 is 1.87 bits per heavy atom. The fourth-order valence-corrected chi connectivity index (χ4v) is 4.37. The number of carbonyl (C=O) groups is 2. The van der Waals surface area contributed by atoms with Gasteiger partial charge in [-0.25, -0.2) is 0 Å². The van der Waals surface area contributed by atoms with Crippen LogP contribution in [0.3, 0.4) is 0 Å². The lowest BCUT2D eigenvalue weighted by atomic mass is 9.87. The zero-order valence-electron chi connectivity index (χ0n) is 17.8. The summed E-state index contributed by atoms with van der Waals surface area (Å²) in [6.45, 7) is 6.81. The molecule has 31 heavy (non-hydrogen) atoms. The van der Waals surface area contributed by atoms with Crippen molar-refractivity contribution in [2.75, 3.05) is 6.54 Å². The molecular formula is C24H25NO4S2. The van der Waals surface area contributed by atoms with E-state index in [9.17, 15) is 9.59 Å². The molecule has 0 saturated carbocycles. The molecule has 7 heteroatoms. The Kier molecular flexibility index (Phi) is 7.18. The Labute approximate surface area is 192 Å². The number of rotatable bonds is 7. The van der Waals surface area contributed by atoms with Gasteiger partial charge in [0.05, 0.1) is 4.91 Å². The van der Waals surface area contributed by atoms with Gasteiger partial charge >= 0.3 is 5.97 Å². The predicted molar refractivity (Wildman–Crippen MR) is 128 cm³/mol. The summed E-state index contributed by atoms with van der Waals surface area (Å²) in [4.78, 5) is 25.3. The number of carboxylic acids is 1. The van der Waals surface area contributed by atoms with E-state index in [0.29, 0.717) is 27.9 Å². The maximum absolute atomic E-state index is 12.7. The Bertz CT molecular complexity index is 1020. The molecule has 1 saturated heterocycles. The average molecular weight is 456 g/mol. The highest BCUT2D eigenvalue weighted by atomic mass is 32.2. The molecule has 1 N–H and O–H groups in total. The molecule has 162 valence electrons. The van der Waals surface area contributed by atoms with E-state index >= 15 is 0 Å². The van der Waals surface area contributed by atoms with Crippen molar-refractivity contribution in [1.82, 2.24) is 4.90 Å². The van der Waals surface area contributed by atoms with E-state index in [2.05, 4.69) is 32.9 Å². The SMILES string of the molecule is CC(C)(C)c1ccc(Oc2cccc(C=C3SC(=S)N(CCCC(=O)O)C3=O)c2)cc1. The van der Waals surface area contributed by atoms with Gasteiger partial charge in [0, 0.05) is 13.0 Å². The Balaban J connectivity index is 1.70. The smallest absolute Gasteiger partial charge is 0.303 e. The number of carbonyl (C=O) groups excluding carboxylic acids is 1. The van der Waals surface area contributed by atoms with Crippen molar-refractivity contribution in [3.05, 3.63) is 64.6 Å². The summed E-state index contributed by atoms with van der Waals surface area (Å²) in [7, 11) is 0. The first-order chi connectivity index (χ1) is 14.6. The molecule has 0 radical (unpaired) electrons. The molecule has 3 rings (SSSR count). The fourth-order valence-electron chi connectivity index (χ4n) is 3.06. The number of benzene rings is 2. The quantitative estimate of drug-likeness (QED) is 0.418. The first-order valence-corrected chi connectivity index (χ1v) is 11.2. The van der Waals surface area contributed by atoms with Gasteiger partial charge in [0.25, 0.3) is 5.91 Å². The predicted octanol–water partition coefficient (Wildman–Crippen LogP) is 5.84. The van der Waals surface area contributed by atoms with Gasteiger partial charge in [0.15, 0.2) is 0 Å². The zero-order chi connectivity index (χ0) is 22.6. The summed E-state index contributed by atoms with van der Waals surface area (Å²) in [5.41, 5.74) is 2.15. The normalized spacial score (nSPS) is 15.6. The van der Waals surface area contributed by atoms with Gasteiger partial charge in [-0.05, 0) is 53.3 Å². The average Bonchev–Trinajstić information content (AvgIpc) is 2.95. The molecular weight excluding hydrogens is 430 g/mol. The lowest BCUT2D eigenvalue weighted by Crippen LogP contribution is -2.29. The van der Waals surface area contributed by atoms with Crippen LogP contribution in [0.1, 0.15) is 44.7 Å². The fraction of sp³-hybridized carbons (Fsp3) is 0.292. The highest BCUT2D eigenvalue weighted by Crippen LogP contribution is 2.33. The van der Waals surface area contributed by atoms with Gasteiger partial charge in [0.1, 0.15) is 15.8 Å². The van der Waals surface area contributed by atoms with Gasteiger partial charge in [-0.1, -0.05) is 69.0 Å². The number of aliphatic carboxylic acids is 1. The minimum atomic E-state index is -0.883. The Morgan fingerprint density at radius 3 is 2.52 bits per heavy atom. The number of ether oxygens (including phenoxy) is 1. The molecule has 0 atom stereocenters. The van der Waals surface area contributed by atoms with Crippen LogP contribution in [0.5, 0.6) is 11.5 Å². The van der Waals surface area contributed by atoms with Gasteiger partial charge in [0.2, 0.25) is 0 Å².